The number of benzene rings is 1. The molecule has 0 spiro atoms. The molecule has 2 rings (SSSR count). The van der Waals surface area contributed by atoms with Gasteiger partial charge in [-0.2, -0.15) is 0 Å². The lowest BCUT2D eigenvalue weighted by atomic mass is 9.97. The number of sulfonamides is 1. The Bertz CT molecular complexity index is 639. The molecule has 1 aromatic rings. The molecule has 0 bridgehead atoms. The van der Waals surface area contributed by atoms with E-state index in [1.165, 1.54) is 6.07 Å². The minimum absolute atomic E-state index is 0.0401. The smallest absolute Gasteiger partial charge is 0.329 e. The van der Waals surface area contributed by atoms with E-state index in [0.29, 0.717) is 12.8 Å². The summed E-state index contributed by atoms with van der Waals surface area (Å²) in [4.78, 5) is 11.0. The van der Waals surface area contributed by atoms with Gasteiger partial charge in [0.05, 0.1) is 10.6 Å². The minimum atomic E-state index is -3.98. The van der Waals surface area contributed by atoms with Crippen LogP contribution in [0.3, 0.4) is 0 Å². The summed E-state index contributed by atoms with van der Waals surface area (Å²) < 4.78 is 36.1. The molecule has 1 aliphatic rings. The first-order valence-corrected chi connectivity index (χ1v) is 7.63. The Kier molecular flexibility index (Phi) is 3.70. The lowest BCUT2D eigenvalue weighted by Gasteiger charge is -2.26. The highest BCUT2D eigenvalue weighted by Gasteiger charge is 2.41. The topological polar surface area (TPSA) is 109 Å². The van der Waals surface area contributed by atoms with Gasteiger partial charge in [-0.15, -0.1) is 0 Å². The molecule has 0 aromatic heterocycles. The van der Waals surface area contributed by atoms with Crippen LogP contribution in [0.25, 0.3) is 0 Å². The molecule has 0 heterocycles. The maximum Gasteiger partial charge on any atom is 0.329 e. The van der Waals surface area contributed by atoms with Crippen molar-refractivity contribution < 1.29 is 22.7 Å². The van der Waals surface area contributed by atoms with Crippen LogP contribution in [0.1, 0.15) is 25.7 Å². The number of halogens is 1. The zero-order valence-electron chi connectivity index (χ0n) is 10.6. The Labute approximate surface area is 115 Å². The molecule has 4 N–H and O–H groups in total. The SMILES string of the molecule is NS(=O)(=O)c1ccc(NC2(C(=O)O)CCCC2)c(F)c1. The van der Waals surface area contributed by atoms with Gasteiger partial charge in [-0.25, -0.2) is 22.7 Å². The molecule has 110 valence electrons. The highest BCUT2D eigenvalue weighted by molar-refractivity contribution is 7.89. The van der Waals surface area contributed by atoms with Gasteiger partial charge in [0.25, 0.3) is 0 Å². The number of rotatable bonds is 4. The van der Waals surface area contributed by atoms with E-state index < -0.39 is 27.3 Å². The van der Waals surface area contributed by atoms with E-state index >= 15 is 0 Å². The summed E-state index contributed by atoms with van der Waals surface area (Å²) in [6, 6.07) is 3.12. The van der Waals surface area contributed by atoms with E-state index in [1.54, 1.807) is 0 Å². The maximum atomic E-state index is 13.9. The molecular weight excluding hydrogens is 287 g/mol. The third kappa shape index (κ3) is 2.75. The second-order valence-electron chi connectivity index (χ2n) is 4.91. The predicted molar refractivity (Wildman–Crippen MR) is 70.2 cm³/mol. The summed E-state index contributed by atoms with van der Waals surface area (Å²) in [6.07, 6.45) is 2.30. The van der Waals surface area contributed by atoms with E-state index in [-0.39, 0.29) is 10.6 Å². The Hall–Kier alpha value is -1.67. The molecule has 1 aromatic carbocycles. The van der Waals surface area contributed by atoms with Crippen molar-refractivity contribution in [2.24, 2.45) is 5.14 Å². The Balaban J connectivity index is 2.33. The minimum Gasteiger partial charge on any atom is -0.480 e. The number of aliphatic carboxylic acids is 1. The van der Waals surface area contributed by atoms with Crippen LogP contribution in [0.2, 0.25) is 0 Å². The largest absolute Gasteiger partial charge is 0.480 e. The lowest BCUT2D eigenvalue weighted by Crippen LogP contribution is -2.43. The molecule has 6 nitrogen and oxygen atoms in total. The van der Waals surface area contributed by atoms with Crippen LogP contribution in [-0.4, -0.2) is 25.0 Å². The lowest BCUT2D eigenvalue weighted by molar-refractivity contribution is -0.142. The van der Waals surface area contributed by atoms with Crippen molar-refractivity contribution in [3.05, 3.63) is 24.0 Å². The van der Waals surface area contributed by atoms with Gasteiger partial charge in [-0.05, 0) is 31.0 Å². The second kappa shape index (κ2) is 5.02. The van der Waals surface area contributed by atoms with E-state index in [2.05, 4.69) is 5.32 Å². The van der Waals surface area contributed by atoms with Crippen LogP contribution in [0.15, 0.2) is 23.1 Å². The van der Waals surface area contributed by atoms with Crippen molar-refractivity contribution in [1.82, 2.24) is 0 Å². The van der Waals surface area contributed by atoms with Crippen LogP contribution in [0, 0.1) is 5.82 Å². The fourth-order valence-corrected chi connectivity index (χ4v) is 2.93. The number of hydrogen-bond donors (Lipinski definition) is 3. The van der Waals surface area contributed by atoms with Crippen molar-refractivity contribution in [2.75, 3.05) is 5.32 Å². The number of primary sulfonamides is 1. The normalized spacial score (nSPS) is 17.9. The zero-order chi connectivity index (χ0) is 15.0. The standard InChI is InChI=1S/C12H15FN2O4S/c13-9-7-8(20(14,18)19)3-4-10(9)15-12(11(16)17)5-1-2-6-12/h3-4,7,15H,1-2,5-6H2,(H,16,17)(H2,14,18,19). The Morgan fingerprint density at radius 1 is 1.35 bits per heavy atom. The molecule has 1 aliphatic carbocycles. The molecule has 20 heavy (non-hydrogen) atoms. The van der Waals surface area contributed by atoms with Crippen LogP contribution in [0.4, 0.5) is 10.1 Å². The van der Waals surface area contributed by atoms with Crippen molar-refractivity contribution in [3.63, 3.8) is 0 Å². The van der Waals surface area contributed by atoms with Crippen LogP contribution in [-0.2, 0) is 14.8 Å². The first-order chi connectivity index (χ1) is 9.24. The first kappa shape index (κ1) is 14.7. The molecule has 0 unspecified atom stereocenters. The number of anilines is 1. The summed E-state index contributed by atoms with van der Waals surface area (Å²) in [5, 5.41) is 16.9. The van der Waals surface area contributed by atoms with Gasteiger partial charge in [0.1, 0.15) is 11.4 Å². The Morgan fingerprint density at radius 3 is 2.40 bits per heavy atom. The molecule has 0 saturated heterocycles. The highest BCUT2D eigenvalue weighted by atomic mass is 32.2. The quantitative estimate of drug-likeness (QED) is 0.776. The monoisotopic (exact) mass is 302 g/mol. The summed E-state index contributed by atoms with van der Waals surface area (Å²) in [6.45, 7) is 0. The average Bonchev–Trinajstić information content (AvgIpc) is 2.80. The van der Waals surface area contributed by atoms with Gasteiger partial charge in [0, 0.05) is 0 Å². The summed E-state index contributed by atoms with van der Waals surface area (Å²) in [5.74, 6) is -1.88. The molecule has 1 fully saturated rings. The number of hydrogen-bond acceptors (Lipinski definition) is 4. The molecule has 1 saturated carbocycles. The number of carboxylic acids is 1. The molecule has 0 radical (unpaired) electrons. The first-order valence-electron chi connectivity index (χ1n) is 6.09. The highest BCUT2D eigenvalue weighted by Crippen LogP contribution is 2.34. The number of nitrogens with two attached hydrogens (primary N) is 1. The van der Waals surface area contributed by atoms with Crippen LogP contribution < -0.4 is 10.5 Å². The van der Waals surface area contributed by atoms with Crippen molar-refractivity contribution in [3.8, 4) is 0 Å². The fraction of sp³-hybridized carbons (Fsp3) is 0.417. The number of nitrogens with one attached hydrogen (secondary N) is 1. The fourth-order valence-electron chi connectivity index (χ4n) is 2.40. The predicted octanol–water partition coefficient (Wildman–Crippen LogP) is 1.28. The molecule has 0 aliphatic heterocycles. The van der Waals surface area contributed by atoms with Crippen LogP contribution >= 0.6 is 0 Å². The van der Waals surface area contributed by atoms with Crippen LogP contribution in [0.5, 0.6) is 0 Å². The number of carbonyl (C=O) groups is 1. The third-order valence-corrected chi connectivity index (χ3v) is 4.42. The Morgan fingerprint density at radius 2 is 1.95 bits per heavy atom. The van der Waals surface area contributed by atoms with E-state index in [9.17, 15) is 22.7 Å². The van der Waals surface area contributed by atoms with E-state index in [0.717, 1.165) is 25.0 Å². The van der Waals surface area contributed by atoms with Crippen molar-refractivity contribution in [2.45, 2.75) is 36.1 Å². The summed E-state index contributed by atoms with van der Waals surface area (Å²) in [5.41, 5.74) is -1.23. The summed E-state index contributed by atoms with van der Waals surface area (Å²) in [7, 11) is -3.98. The van der Waals surface area contributed by atoms with E-state index in [4.69, 9.17) is 5.14 Å². The zero-order valence-corrected chi connectivity index (χ0v) is 11.4. The van der Waals surface area contributed by atoms with Gasteiger partial charge in [-0.1, -0.05) is 12.8 Å². The van der Waals surface area contributed by atoms with E-state index in [1.807, 2.05) is 0 Å². The van der Waals surface area contributed by atoms with Gasteiger partial charge in [0.2, 0.25) is 10.0 Å². The molecule has 0 atom stereocenters. The maximum absolute atomic E-state index is 13.9. The third-order valence-electron chi connectivity index (χ3n) is 3.51. The molecule has 0 amide bonds. The van der Waals surface area contributed by atoms with Gasteiger partial charge in [0.15, 0.2) is 0 Å². The van der Waals surface area contributed by atoms with Gasteiger partial charge < -0.3 is 10.4 Å². The number of carboxylic acid groups (broad SMARTS) is 1. The molecule has 8 heteroatoms. The van der Waals surface area contributed by atoms with Crippen molar-refractivity contribution >= 4 is 21.7 Å². The molecular formula is C12H15FN2O4S. The van der Waals surface area contributed by atoms with Crippen molar-refractivity contribution in [1.29, 1.82) is 0 Å². The average molecular weight is 302 g/mol. The second-order valence-corrected chi connectivity index (χ2v) is 6.47. The van der Waals surface area contributed by atoms with Gasteiger partial charge in [-0.3, -0.25) is 0 Å². The van der Waals surface area contributed by atoms with Gasteiger partial charge >= 0.3 is 5.97 Å². The summed E-state index contributed by atoms with van der Waals surface area (Å²) >= 11 is 0.